The second-order valence-corrected chi connectivity index (χ2v) is 6.45. The summed E-state index contributed by atoms with van der Waals surface area (Å²) in [7, 11) is 3.24. The van der Waals surface area contributed by atoms with Crippen molar-refractivity contribution in [3.63, 3.8) is 0 Å². The van der Waals surface area contributed by atoms with Crippen LogP contribution in [0.15, 0.2) is 54.7 Å². The molecule has 0 bridgehead atoms. The zero-order chi connectivity index (χ0) is 20.6. The third-order valence-corrected chi connectivity index (χ3v) is 4.06. The Bertz CT molecular complexity index is 931. The van der Waals surface area contributed by atoms with Crippen molar-refractivity contribution in [1.82, 2.24) is 9.97 Å². The van der Waals surface area contributed by atoms with Crippen LogP contribution in [0.25, 0.3) is 11.4 Å². The second-order valence-electron chi connectivity index (χ2n) is 6.45. The summed E-state index contributed by atoms with van der Waals surface area (Å²) in [4.78, 5) is 8.73. The van der Waals surface area contributed by atoms with Gasteiger partial charge < -0.3 is 24.1 Å². The molecule has 3 aromatic rings. The first-order valence-electron chi connectivity index (χ1n) is 9.16. The van der Waals surface area contributed by atoms with E-state index in [0.29, 0.717) is 36.2 Å². The molecule has 7 heteroatoms. The van der Waals surface area contributed by atoms with Crippen LogP contribution in [-0.4, -0.2) is 42.0 Å². The zero-order valence-electron chi connectivity index (χ0n) is 16.7. The molecule has 0 radical (unpaired) electrons. The highest BCUT2D eigenvalue weighted by Gasteiger charge is 2.10. The van der Waals surface area contributed by atoms with Crippen molar-refractivity contribution in [2.75, 3.05) is 20.8 Å². The Hall–Kier alpha value is -3.32. The standard InChI is InChI=1S/C22H24N2O5/c1-15(13-26-2)29-20-11-17(10-18(25)12-20)22-23-9-8-21(24-22)28-14-16-4-6-19(27-3)7-5-16/h4-12,15,25H,13-14H2,1-3H3. The lowest BCUT2D eigenvalue weighted by Crippen LogP contribution is -2.17. The van der Waals surface area contributed by atoms with Gasteiger partial charge in [-0.2, -0.15) is 4.98 Å². The minimum Gasteiger partial charge on any atom is -0.508 e. The summed E-state index contributed by atoms with van der Waals surface area (Å²) in [5.41, 5.74) is 1.62. The van der Waals surface area contributed by atoms with Gasteiger partial charge in [0.15, 0.2) is 5.82 Å². The smallest absolute Gasteiger partial charge is 0.217 e. The Morgan fingerprint density at radius 1 is 1.00 bits per heavy atom. The molecule has 7 nitrogen and oxygen atoms in total. The molecular formula is C22H24N2O5. The van der Waals surface area contributed by atoms with Crippen LogP contribution in [0.5, 0.6) is 23.1 Å². The fourth-order valence-electron chi connectivity index (χ4n) is 2.72. The Morgan fingerprint density at radius 3 is 2.52 bits per heavy atom. The highest BCUT2D eigenvalue weighted by Crippen LogP contribution is 2.28. The number of rotatable bonds is 9. The monoisotopic (exact) mass is 396 g/mol. The number of ether oxygens (including phenoxy) is 4. The minimum atomic E-state index is -0.158. The molecule has 29 heavy (non-hydrogen) atoms. The van der Waals surface area contributed by atoms with Crippen molar-refractivity contribution >= 4 is 0 Å². The SMILES string of the molecule is COCC(C)Oc1cc(O)cc(-c2nccc(OCc3ccc(OC)cc3)n2)c1. The predicted molar refractivity (Wildman–Crippen MR) is 108 cm³/mol. The summed E-state index contributed by atoms with van der Waals surface area (Å²) in [6, 6.07) is 14.2. The zero-order valence-corrected chi connectivity index (χ0v) is 16.7. The topological polar surface area (TPSA) is 82.9 Å². The summed E-state index contributed by atoms with van der Waals surface area (Å²) < 4.78 is 21.8. The van der Waals surface area contributed by atoms with Crippen molar-refractivity contribution in [3.05, 3.63) is 60.3 Å². The Balaban J connectivity index is 1.73. The molecule has 0 fully saturated rings. The van der Waals surface area contributed by atoms with Gasteiger partial charge >= 0.3 is 0 Å². The molecule has 0 saturated heterocycles. The normalized spacial score (nSPS) is 11.7. The molecule has 1 N–H and O–H groups in total. The summed E-state index contributed by atoms with van der Waals surface area (Å²) in [6.07, 6.45) is 1.46. The Labute approximate surface area is 169 Å². The van der Waals surface area contributed by atoms with Gasteiger partial charge in [-0.05, 0) is 36.8 Å². The van der Waals surface area contributed by atoms with Gasteiger partial charge in [0.05, 0.1) is 13.7 Å². The molecule has 1 aromatic heterocycles. The van der Waals surface area contributed by atoms with Crippen LogP contribution in [-0.2, 0) is 11.3 Å². The number of aromatic hydroxyl groups is 1. The highest BCUT2D eigenvalue weighted by molar-refractivity contribution is 5.60. The molecule has 0 spiro atoms. The molecule has 1 unspecified atom stereocenters. The van der Waals surface area contributed by atoms with Crippen molar-refractivity contribution in [2.24, 2.45) is 0 Å². The lowest BCUT2D eigenvalue weighted by molar-refractivity contribution is 0.0919. The van der Waals surface area contributed by atoms with Gasteiger partial charge in [-0.15, -0.1) is 0 Å². The van der Waals surface area contributed by atoms with E-state index < -0.39 is 0 Å². The first-order chi connectivity index (χ1) is 14.1. The number of hydrogen-bond donors (Lipinski definition) is 1. The van der Waals surface area contributed by atoms with Crippen molar-refractivity contribution < 1.29 is 24.1 Å². The summed E-state index contributed by atoms with van der Waals surface area (Å²) in [5, 5.41) is 10.1. The largest absolute Gasteiger partial charge is 0.508 e. The fraction of sp³-hybridized carbons (Fsp3) is 0.273. The molecule has 3 rings (SSSR count). The van der Waals surface area contributed by atoms with Crippen LogP contribution in [0.3, 0.4) is 0 Å². The Kier molecular flexibility index (Phi) is 6.86. The predicted octanol–water partition coefficient (Wildman–Crippen LogP) is 3.85. The van der Waals surface area contributed by atoms with E-state index >= 15 is 0 Å². The van der Waals surface area contributed by atoms with E-state index in [2.05, 4.69) is 9.97 Å². The highest BCUT2D eigenvalue weighted by atomic mass is 16.5. The van der Waals surface area contributed by atoms with E-state index in [1.165, 1.54) is 0 Å². The van der Waals surface area contributed by atoms with E-state index in [0.717, 1.165) is 11.3 Å². The number of phenolic OH excluding ortho intramolecular Hbond substituents is 1. The van der Waals surface area contributed by atoms with Gasteiger partial charge in [-0.25, -0.2) is 4.98 Å². The Morgan fingerprint density at radius 2 is 1.79 bits per heavy atom. The van der Waals surface area contributed by atoms with E-state index in [1.807, 2.05) is 31.2 Å². The number of hydrogen-bond acceptors (Lipinski definition) is 7. The number of methoxy groups -OCH3 is 2. The van der Waals surface area contributed by atoms with Gasteiger partial charge in [-0.1, -0.05) is 12.1 Å². The molecular weight excluding hydrogens is 372 g/mol. The third kappa shape index (κ3) is 5.83. The maximum atomic E-state index is 10.1. The molecule has 1 heterocycles. The molecule has 2 aromatic carbocycles. The lowest BCUT2D eigenvalue weighted by atomic mass is 10.2. The number of aromatic nitrogens is 2. The summed E-state index contributed by atoms with van der Waals surface area (Å²) >= 11 is 0. The van der Waals surface area contributed by atoms with Gasteiger partial charge in [0.2, 0.25) is 5.88 Å². The van der Waals surface area contributed by atoms with Crippen LogP contribution in [0.2, 0.25) is 0 Å². The van der Waals surface area contributed by atoms with Gasteiger partial charge in [0.1, 0.15) is 30.0 Å². The van der Waals surface area contributed by atoms with E-state index in [-0.39, 0.29) is 11.9 Å². The van der Waals surface area contributed by atoms with Crippen LogP contribution in [0.4, 0.5) is 0 Å². The van der Waals surface area contributed by atoms with Crippen LogP contribution < -0.4 is 14.2 Å². The molecule has 0 saturated carbocycles. The molecule has 1 atom stereocenters. The van der Waals surface area contributed by atoms with E-state index in [9.17, 15) is 5.11 Å². The maximum Gasteiger partial charge on any atom is 0.217 e. The van der Waals surface area contributed by atoms with Crippen molar-refractivity contribution in [2.45, 2.75) is 19.6 Å². The maximum absolute atomic E-state index is 10.1. The van der Waals surface area contributed by atoms with E-state index in [4.69, 9.17) is 18.9 Å². The van der Waals surface area contributed by atoms with Gasteiger partial charge in [0, 0.05) is 31.0 Å². The molecule has 152 valence electrons. The van der Waals surface area contributed by atoms with Crippen LogP contribution in [0, 0.1) is 0 Å². The molecule has 0 aliphatic rings. The number of benzene rings is 2. The third-order valence-electron chi connectivity index (χ3n) is 4.06. The average molecular weight is 396 g/mol. The van der Waals surface area contributed by atoms with E-state index in [1.54, 1.807) is 44.7 Å². The quantitative estimate of drug-likeness (QED) is 0.588. The van der Waals surface area contributed by atoms with Crippen LogP contribution in [0.1, 0.15) is 12.5 Å². The molecule has 0 aliphatic heterocycles. The van der Waals surface area contributed by atoms with Gasteiger partial charge in [0.25, 0.3) is 0 Å². The molecule has 0 amide bonds. The first-order valence-corrected chi connectivity index (χ1v) is 9.16. The van der Waals surface area contributed by atoms with Crippen molar-refractivity contribution in [3.8, 4) is 34.5 Å². The minimum absolute atomic E-state index is 0.0651. The number of nitrogens with zero attached hydrogens (tertiary/aromatic N) is 2. The second kappa shape index (κ2) is 9.75. The average Bonchev–Trinajstić information content (AvgIpc) is 2.72. The summed E-state index contributed by atoms with van der Waals surface area (Å²) in [5.74, 6) is 2.23. The lowest BCUT2D eigenvalue weighted by Gasteiger charge is -2.15. The molecule has 0 aliphatic carbocycles. The fourth-order valence-corrected chi connectivity index (χ4v) is 2.72. The summed E-state index contributed by atoms with van der Waals surface area (Å²) in [6.45, 7) is 2.69. The van der Waals surface area contributed by atoms with Crippen molar-refractivity contribution in [1.29, 1.82) is 0 Å². The number of phenols is 1. The first kappa shape index (κ1) is 20.4. The van der Waals surface area contributed by atoms with Gasteiger partial charge in [-0.3, -0.25) is 0 Å². The van der Waals surface area contributed by atoms with Crippen LogP contribution >= 0.6 is 0 Å².